The standard InChI is InChI=1S/C13H17N3O2/c1-3-7-16-12(17)8-10(13(16)18)15-11-6-4-5-9(2)14-11/h4-6,10H,3,7-8H2,1-2H3,(H,14,15). The third kappa shape index (κ3) is 2.50. The molecule has 2 rings (SSSR count). The van der Waals surface area contributed by atoms with Crippen LogP contribution < -0.4 is 5.32 Å². The van der Waals surface area contributed by atoms with Gasteiger partial charge in [0.05, 0.1) is 6.42 Å². The van der Waals surface area contributed by atoms with E-state index >= 15 is 0 Å². The minimum Gasteiger partial charge on any atom is -0.358 e. The summed E-state index contributed by atoms with van der Waals surface area (Å²) < 4.78 is 0. The van der Waals surface area contributed by atoms with E-state index in [1.165, 1.54) is 4.90 Å². The van der Waals surface area contributed by atoms with Gasteiger partial charge in [0.25, 0.3) is 5.91 Å². The average Bonchev–Trinajstić information content (AvgIpc) is 2.57. The lowest BCUT2D eigenvalue weighted by atomic mass is 10.2. The van der Waals surface area contributed by atoms with Crippen LogP contribution in [0.15, 0.2) is 18.2 Å². The second-order valence-corrected chi connectivity index (χ2v) is 4.45. The first-order valence-corrected chi connectivity index (χ1v) is 6.16. The van der Waals surface area contributed by atoms with Crippen molar-refractivity contribution in [1.29, 1.82) is 0 Å². The fourth-order valence-electron chi connectivity index (χ4n) is 2.06. The van der Waals surface area contributed by atoms with Crippen LogP contribution in [0, 0.1) is 6.92 Å². The lowest BCUT2D eigenvalue weighted by Crippen LogP contribution is -2.35. The Labute approximate surface area is 106 Å². The number of likely N-dealkylation sites (tertiary alicyclic amines) is 1. The summed E-state index contributed by atoms with van der Waals surface area (Å²) in [6, 6.07) is 5.08. The van der Waals surface area contributed by atoms with Gasteiger partial charge in [0.2, 0.25) is 5.91 Å². The van der Waals surface area contributed by atoms with Crippen molar-refractivity contribution in [2.24, 2.45) is 0 Å². The Bertz CT molecular complexity index is 473. The minimum absolute atomic E-state index is 0.105. The van der Waals surface area contributed by atoms with Gasteiger partial charge in [0.1, 0.15) is 11.9 Å². The maximum absolute atomic E-state index is 12.0. The van der Waals surface area contributed by atoms with E-state index in [1.54, 1.807) is 6.07 Å². The average molecular weight is 247 g/mol. The Morgan fingerprint density at radius 2 is 2.22 bits per heavy atom. The van der Waals surface area contributed by atoms with Gasteiger partial charge in [-0.1, -0.05) is 13.0 Å². The van der Waals surface area contributed by atoms with Gasteiger partial charge in [-0.3, -0.25) is 14.5 Å². The molecule has 18 heavy (non-hydrogen) atoms. The van der Waals surface area contributed by atoms with Crippen molar-refractivity contribution >= 4 is 17.6 Å². The van der Waals surface area contributed by atoms with Gasteiger partial charge in [-0.2, -0.15) is 0 Å². The molecule has 1 aliphatic rings. The normalized spacial score (nSPS) is 19.4. The molecule has 5 nitrogen and oxygen atoms in total. The Hall–Kier alpha value is -1.91. The maximum Gasteiger partial charge on any atom is 0.252 e. The van der Waals surface area contributed by atoms with Crippen molar-refractivity contribution in [3.63, 3.8) is 0 Å². The smallest absolute Gasteiger partial charge is 0.252 e. The quantitative estimate of drug-likeness (QED) is 0.816. The van der Waals surface area contributed by atoms with Gasteiger partial charge in [0.15, 0.2) is 0 Å². The molecular weight excluding hydrogens is 230 g/mol. The molecule has 0 aromatic carbocycles. The predicted octanol–water partition coefficient (Wildman–Crippen LogP) is 1.34. The summed E-state index contributed by atoms with van der Waals surface area (Å²) >= 11 is 0. The molecule has 0 aliphatic carbocycles. The van der Waals surface area contributed by atoms with Crippen LogP contribution in [0.3, 0.4) is 0 Å². The van der Waals surface area contributed by atoms with Crippen molar-refractivity contribution in [2.45, 2.75) is 32.7 Å². The van der Waals surface area contributed by atoms with E-state index in [1.807, 2.05) is 26.0 Å². The number of amides is 2. The first-order valence-electron chi connectivity index (χ1n) is 6.16. The molecule has 96 valence electrons. The second kappa shape index (κ2) is 5.16. The molecule has 2 heterocycles. The molecular formula is C13H17N3O2. The number of aromatic nitrogens is 1. The number of rotatable bonds is 4. The molecule has 1 N–H and O–H groups in total. The summed E-state index contributed by atoms with van der Waals surface area (Å²) in [4.78, 5) is 29.3. The fourth-order valence-corrected chi connectivity index (χ4v) is 2.06. The Balaban J connectivity index is 2.07. The molecule has 2 amide bonds. The Morgan fingerprint density at radius 3 is 2.89 bits per heavy atom. The van der Waals surface area contributed by atoms with E-state index in [2.05, 4.69) is 10.3 Å². The van der Waals surface area contributed by atoms with Crippen LogP contribution in [-0.2, 0) is 9.59 Å². The Morgan fingerprint density at radius 1 is 1.44 bits per heavy atom. The van der Waals surface area contributed by atoms with Crippen LogP contribution >= 0.6 is 0 Å². The minimum atomic E-state index is -0.474. The van der Waals surface area contributed by atoms with E-state index < -0.39 is 6.04 Å². The number of hydrogen-bond acceptors (Lipinski definition) is 4. The molecule has 0 bridgehead atoms. The van der Waals surface area contributed by atoms with E-state index in [4.69, 9.17) is 0 Å². The fraction of sp³-hybridized carbons (Fsp3) is 0.462. The van der Waals surface area contributed by atoms with Crippen LogP contribution in [0.5, 0.6) is 0 Å². The van der Waals surface area contributed by atoms with Gasteiger partial charge >= 0.3 is 0 Å². The Kier molecular flexibility index (Phi) is 3.60. The zero-order chi connectivity index (χ0) is 13.1. The summed E-state index contributed by atoms with van der Waals surface area (Å²) in [7, 11) is 0. The summed E-state index contributed by atoms with van der Waals surface area (Å²) in [5.74, 6) is 0.386. The monoisotopic (exact) mass is 247 g/mol. The van der Waals surface area contributed by atoms with Crippen LogP contribution in [0.25, 0.3) is 0 Å². The number of nitrogens with zero attached hydrogens (tertiary/aromatic N) is 2. The molecule has 1 atom stereocenters. The molecule has 1 unspecified atom stereocenters. The highest BCUT2D eigenvalue weighted by Crippen LogP contribution is 2.17. The highest BCUT2D eigenvalue weighted by Gasteiger charge is 2.37. The highest BCUT2D eigenvalue weighted by atomic mass is 16.2. The third-order valence-electron chi connectivity index (χ3n) is 2.90. The molecule has 0 spiro atoms. The van der Waals surface area contributed by atoms with Crippen LogP contribution in [0.1, 0.15) is 25.5 Å². The van der Waals surface area contributed by atoms with E-state index in [-0.39, 0.29) is 18.2 Å². The molecule has 1 aliphatic heterocycles. The van der Waals surface area contributed by atoms with Gasteiger partial charge in [0, 0.05) is 12.2 Å². The number of hydrogen-bond donors (Lipinski definition) is 1. The topological polar surface area (TPSA) is 62.3 Å². The zero-order valence-corrected chi connectivity index (χ0v) is 10.6. The summed E-state index contributed by atoms with van der Waals surface area (Å²) in [5, 5.41) is 3.03. The van der Waals surface area contributed by atoms with Gasteiger partial charge in [-0.05, 0) is 25.5 Å². The van der Waals surface area contributed by atoms with Crippen molar-refractivity contribution < 1.29 is 9.59 Å². The van der Waals surface area contributed by atoms with Crippen molar-refractivity contribution in [2.75, 3.05) is 11.9 Å². The van der Waals surface area contributed by atoms with Crippen molar-refractivity contribution in [3.05, 3.63) is 23.9 Å². The number of aryl methyl sites for hydroxylation is 1. The SMILES string of the molecule is CCCN1C(=O)CC(Nc2cccc(C)n2)C1=O. The molecule has 5 heteroatoms. The van der Waals surface area contributed by atoms with Crippen molar-refractivity contribution in [3.8, 4) is 0 Å². The number of pyridine rings is 1. The van der Waals surface area contributed by atoms with Gasteiger partial charge in [-0.15, -0.1) is 0 Å². The highest BCUT2D eigenvalue weighted by molar-refractivity contribution is 6.06. The molecule has 1 saturated heterocycles. The lowest BCUT2D eigenvalue weighted by Gasteiger charge is -2.14. The number of imide groups is 1. The predicted molar refractivity (Wildman–Crippen MR) is 68.0 cm³/mol. The number of carbonyl (C=O) groups excluding carboxylic acids is 2. The number of carbonyl (C=O) groups is 2. The summed E-state index contributed by atoms with van der Waals surface area (Å²) in [6.07, 6.45) is 1.00. The van der Waals surface area contributed by atoms with Crippen LogP contribution in [0.2, 0.25) is 0 Å². The largest absolute Gasteiger partial charge is 0.358 e. The number of nitrogens with one attached hydrogen (secondary N) is 1. The molecule has 0 saturated carbocycles. The van der Waals surface area contributed by atoms with E-state index in [0.29, 0.717) is 12.4 Å². The summed E-state index contributed by atoms with van der Waals surface area (Å²) in [5.41, 5.74) is 0.877. The number of anilines is 1. The first-order chi connectivity index (χ1) is 8.61. The summed E-state index contributed by atoms with van der Waals surface area (Å²) in [6.45, 7) is 4.33. The molecule has 0 radical (unpaired) electrons. The lowest BCUT2D eigenvalue weighted by molar-refractivity contribution is -0.138. The third-order valence-corrected chi connectivity index (χ3v) is 2.90. The van der Waals surface area contributed by atoms with Crippen LogP contribution in [0.4, 0.5) is 5.82 Å². The van der Waals surface area contributed by atoms with Gasteiger partial charge in [-0.25, -0.2) is 4.98 Å². The van der Waals surface area contributed by atoms with Gasteiger partial charge < -0.3 is 5.32 Å². The van der Waals surface area contributed by atoms with E-state index in [0.717, 1.165) is 12.1 Å². The molecule has 1 aromatic rings. The maximum atomic E-state index is 12.0. The van der Waals surface area contributed by atoms with Crippen molar-refractivity contribution in [1.82, 2.24) is 9.88 Å². The molecule has 1 fully saturated rings. The van der Waals surface area contributed by atoms with E-state index in [9.17, 15) is 9.59 Å². The van der Waals surface area contributed by atoms with Crippen LogP contribution in [-0.4, -0.2) is 34.3 Å². The molecule has 1 aromatic heterocycles. The second-order valence-electron chi connectivity index (χ2n) is 4.45. The zero-order valence-electron chi connectivity index (χ0n) is 10.6. The first kappa shape index (κ1) is 12.5.